The van der Waals surface area contributed by atoms with Gasteiger partial charge in [-0.05, 0) is 26.0 Å². The quantitative estimate of drug-likeness (QED) is 0.584. The molecule has 0 saturated carbocycles. The third-order valence-electron chi connectivity index (χ3n) is 3.78. The molecule has 1 unspecified atom stereocenters. The van der Waals surface area contributed by atoms with E-state index in [0.29, 0.717) is 17.9 Å². The second-order valence-corrected chi connectivity index (χ2v) is 8.07. The molecule has 2 aromatic rings. The summed E-state index contributed by atoms with van der Waals surface area (Å²) in [5.74, 6) is -3.26. The fourth-order valence-corrected chi connectivity index (χ4v) is 3.78. The lowest BCUT2D eigenvalue weighted by atomic mass is 10.3. The third kappa shape index (κ3) is 6.44. The SMILES string of the molecule is CCN(C(=O)CC[S+]([O-])CCC(C)(F)F)c1cn(-c2cccnc2)nc1Cl. The van der Waals surface area contributed by atoms with E-state index >= 15 is 0 Å². The van der Waals surface area contributed by atoms with Crippen LogP contribution in [0.5, 0.6) is 0 Å². The second kappa shape index (κ2) is 9.48. The molecule has 2 aromatic heterocycles. The molecule has 1 amide bonds. The van der Waals surface area contributed by atoms with Crippen LogP contribution in [0.15, 0.2) is 30.7 Å². The minimum atomic E-state index is -2.86. The first kappa shape index (κ1) is 21.6. The minimum absolute atomic E-state index is 0.0237. The van der Waals surface area contributed by atoms with Gasteiger partial charge in [0.05, 0.1) is 30.9 Å². The maximum Gasteiger partial charge on any atom is 0.249 e. The number of anilines is 1. The van der Waals surface area contributed by atoms with Crippen molar-refractivity contribution in [1.29, 1.82) is 0 Å². The predicted molar refractivity (Wildman–Crippen MR) is 102 cm³/mol. The van der Waals surface area contributed by atoms with Crippen molar-refractivity contribution < 1.29 is 18.1 Å². The number of nitrogens with zero attached hydrogens (tertiary/aromatic N) is 4. The number of halogens is 3. The predicted octanol–water partition coefficient (Wildman–Crippen LogP) is 3.46. The Bertz CT molecular complexity index is 755. The number of hydrogen-bond acceptors (Lipinski definition) is 4. The first-order chi connectivity index (χ1) is 12.7. The standard InChI is InChI=1S/C17H21ClF2N4O2S/c1-3-23(15(25)6-9-27(26)10-7-17(2,19)20)14-12-24(22-16(14)18)13-5-4-8-21-11-13/h4-5,8,11-12H,3,6-7,9-10H2,1-2H3. The lowest BCUT2D eigenvalue weighted by molar-refractivity contribution is -0.118. The topological polar surface area (TPSA) is 74.1 Å². The van der Waals surface area contributed by atoms with Crippen LogP contribution in [0.3, 0.4) is 0 Å². The molecule has 0 N–H and O–H groups in total. The Morgan fingerprint density at radius 1 is 1.44 bits per heavy atom. The highest BCUT2D eigenvalue weighted by molar-refractivity contribution is 7.91. The number of amides is 1. The summed E-state index contributed by atoms with van der Waals surface area (Å²) >= 11 is 4.70. The van der Waals surface area contributed by atoms with Crippen molar-refractivity contribution in [2.24, 2.45) is 0 Å². The van der Waals surface area contributed by atoms with E-state index in [1.165, 1.54) is 9.58 Å². The van der Waals surface area contributed by atoms with Crippen LogP contribution in [-0.2, 0) is 16.0 Å². The largest absolute Gasteiger partial charge is 0.616 e. The number of hydrogen-bond donors (Lipinski definition) is 0. The number of rotatable bonds is 9. The summed E-state index contributed by atoms with van der Waals surface area (Å²) in [7, 11) is 0. The van der Waals surface area contributed by atoms with E-state index in [9.17, 15) is 18.1 Å². The molecular weight excluding hydrogens is 398 g/mol. The number of carbonyl (C=O) groups is 1. The fourth-order valence-electron chi connectivity index (χ4n) is 2.36. The number of aromatic nitrogens is 3. The van der Waals surface area contributed by atoms with E-state index in [-0.39, 0.29) is 29.0 Å². The first-order valence-corrected chi connectivity index (χ1v) is 10.3. The molecule has 0 saturated heterocycles. The van der Waals surface area contributed by atoms with Gasteiger partial charge in [-0.15, -0.1) is 0 Å². The van der Waals surface area contributed by atoms with Crippen LogP contribution >= 0.6 is 11.6 Å². The summed E-state index contributed by atoms with van der Waals surface area (Å²) in [5, 5.41) is 4.34. The molecule has 0 aromatic carbocycles. The summed E-state index contributed by atoms with van der Waals surface area (Å²) in [4.78, 5) is 18.0. The molecule has 0 spiro atoms. The van der Waals surface area contributed by atoms with E-state index in [1.807, 2.05) is 0 Å². The molecular formula is C17H21ClF2N4O2S. The zero-order chi connectivity index (χ0) is 20.0. The zero-order valence-electron chi connectivity index (χ0n) is 15.1. The van der Waals surface area contributed by atoms with Crippen LogP contribution in [0.1, 0.15) is 26.7 Å². The smallest absolute Gasteiger partial charge is 0.249 e. The molecule has 0 aliphatic carbocycles. The van der Waals surface area contributed by atoms with E-state index in [1.54, 1.807) is 37.6 Å². The molecule has 0 bridgehead atoms. The van der Waals surface area contributed by atoms with Gasteiger partial charge in [0.15, 0.2) is 5.15 Å². The highest BCUT2D eigenvalue weighted by Crippen LogP contribution is 2.26. The van der Waals surface area contributed by atoms with Crippen LogP contribution in [0.4, 0.5) is 14.5 Å². The van der Waals surface area contributed by atoms with Crippen molar-refractivity contribution in [2.75, 3.05) is 23.0 Å². The van der Waals surface area contributed by atoms with E-state index in [2.05, 4.69) is 10.1 Å². The lowest BCUT2D eigenvalue weighted by Crippen LogP contribution is -2.32. The van der Waals surface area contributed by atoms with Crippen LogP contribution < -0.4 is 4.90 Å². The maximum atomic E-state index is 12.8. The lowest BCUT2D eigenvalue weighted by Gasteiger charge is -2.20. The van der Waals surface area contributed by atoms with Crippen molar-refractivity contribution in [2.45, 2.75) is 32.6 Å². The van der Waals surface area contributed by atoms with Gasteiger partial charge in [0.1, 0.15) is 17.2 Å². The molecule has 0 aliphatic heterocycles. The molecule has 0 aliphatic rings. The van der Waals surface area contributed by atoms with Crippen LogP contribution in [0.25, 0.3) is 5.69 Å². The van der Waals surface area contributed by atoms with Gasteiger partial charge in [-0.3, -0.25) is 9.78 Å². The Hall–Kier alpha value is -1.71. The number of alkyl halides is 2. The molecule has 6 nitrogen and oxygen atoms in total. The summed E-state index contributed by atoms with van der Waals surface area (Å²) in [6, 6.07) is 3.55. The van der Waals surface area contributed by atoms with Crippen LogP contribution in [0, 0.1) is 0 Å². The molecule has 1 atom stereocenters. The summed E-state index contributed by atoms with van der Waals surface area (Å²) in [5.41, 5.74) is 1.12. The Morgan fingerprint density at radius 3 is 2.78 bits per heavy atom. The van der Waals surface area contributed by atoms with Gasteiger partial charge < -0.3 is 9.45 Å². The normalized spacial score (nSPS) is 12.8. The Balaban J connectivity index is 2.02. The minimum Gasteiger partial charge on any atom is -0.616 e. The molecule has 2 heterocycles. The average molecular weight is 419 g/mol. The first-order valence-electron chi connectivity index (χ1n) is 8.40. The van der Waals surface area contributed by atoms with Crippen molar-refractivity contribution in [3.63, 3.8) is 0 Å². The second-order valence-electron chi connectivity index (χ2n) is 6.02. The molecule has 2 rings (SSSR count). The van der Waals surface area contributed by atoms with Gasteiger partial charge in [-0.25, -0.2) is 13.5 Å². The van der Waals surface area contributed by atoms with Gasteiger partial charge >= 0.3 is 0 Å². The number of pyridine rings is 1. The molecule has 0 radical (unpaired) electrons. The van der Waals surface area contributed by atoms with Crippen molar-refractivity contribution in [1.82, 2.24) is 14.8 Å². The summed E-state index contributed by atoms with van der Waals surface area (Å²) < 4.78 is 39.0. The van der Waals surface area contributed by atoms with Gasteiger partial charge in [-0.1, -0.05) is 22.8 Å². The van der Waals surface area contributed by atoms with E-state index in [4.69, 9.17) is 11.6 Å². The molecule has 0 fully saturated rings. The fraction of sp³-hybridized carbons (Fsp3) is 0.471. The maximum absolute atomic E-state index is 12.8. The Labute approximate surface area is 164 Å². The summed E-state index contributed by atoms with van der Waals surface area (Å²) in [6.45, 7) is 2.91. The molecule has 148 valence electrons. The highest BCUT2D eigenvalue weighted by Gasteiger charge is 2.26. The monoisotopic (exact) mass is 418 g/mol. The Morgan fingerprint density at radius 2 is 2.19 bits per heavy atom. The van der Waals surface area contributed by atoms with E-state index in [0.717, 1.165) is 6.92 Å². The van der Waals surface area contributed by atoms with Gasteiger partial charge in [0, 0.05) is 12.7 Å². The zero-order valence-corrected chi connectivity index (χ0v) is 16.6. The third-order valence-corrected chi connectivity index (χ3v) is 5.37. The average Bonchev–Trinajstić information content (AvgIpc) is 3.00. The van der Waals surface area contributed by atoms with Crippen molar-refractivity contribution in [3.05, 3.63) is 35.9 Å². The van der Waals surface area contributed by atoms with Crippen molar-refractivity contribution in [3.8, 4) is 5.69 Å². The number of carbonyl (C=O) groups excluding carboxylic acids is 1. The van der Waals surface area contributed by atoms with Crippen molar-refractivity contribution >= 4 is 34.4 Å². The molecule has 27 heavy (non-hydrogen) atoms. The summed E-state index contributed by atoms with van der Waals surface area (Å²) in [6.07, 6.45) is 4.37. The highest BCUT2D eigenvalue weighted by atomic mass is 35.5. The van der Waals surface area contributed by atoms with Crippen LogP contribution in [0.2, 0.25) is 5.15 Å². The Kier molecular flexibility index (Phi) is 7.58. The van der Waals surface area contributed by atoms with E-state index < -0.39 is 23.5 Å². The van der Waals surface area contributed by atoms with Gasteiger partial charge in [0.2, 0.25) is 11.8 Å². The van der Waals surface area contributed by atoms with Crippen LogP contribution in [-0.4, -0.2) is 49.2 Å². The van der Waals surface area contributed by atoms with Gasteiger partial charge in [-0.2, -0.15) is 5.10 Å². The van der Waals surface area contributed by atoms with Gasteiger partial charge in [0.25, 0.3) is 0 Å². The molecule has 10 heteroatoms.